The van der Waals surface area contributed by atoms with Gasteiger partial charge in [0.1, 0.15) is 0 Å². The van der Waals surface area contributed by atoms with Gasteiger partial charge in [0.25, 0.3) is 0 Å². The van der Waals surface area contributed by atoms with Crippen molar-refractivity contribution in [3.05, 3.63) is 69.2 Å². The summed E-state index contributed by atoms with van der Waals surface area (Å²) in [6.07, 6.45) is 0.832. The number of halogens is 1. The maximum atomic E-state index is 12.6. The van der Waals surface area contributed by atoms with Crippen LogP contribution in [0.5, 0.6) is 0 Å². The van der Waals surface area contributed by atoms with Crippen LogP contribution in [0.15, 0.2) is 36.4 Å². The Hall–Kier alpha value is -1.60. The fourth-order valence-corrected chi connectivity index (χ4v) is 2.96. The van der Waals surface area contributed by atoms with Crippen LogP contribution < -0.4 is 0 Å². The van der Waals surface area contributed by atoms with Crippen LogP contribution in [0.3, 0.4) is 0 Å². The van der Waals surface area contributed by atoms with Crippen molar-refractivity contribution in [2.45, 2.75) is 26.2 Å². The molecule has 2 heteroatoms. The molecule has 0 N–H and O–H groups in total. The molecule has 1 aliphatic carbocycles. The van der Waals surface area contributed by atoms with Crippen LogP contribution in [0.1, 0.15) is 38.5 Å². The quantitative estimate of drug-likeness (QED) is 0.736. The number of ketones is 1. The summed E-state index contributed by atoms with van der Waals surface area (Å²) in [7, 11) is 0. The molecule has 3 rings (SSSR count). The topological polar surface area (TPSA) is 17.1 Å². The minimum absolute atomic E-state index is 0.0178. The molecule has 0 bridgehead atoms. The molecule has 1 aliphatic rings. The van der Waals surface area contributed by atoms with Crippen molar-refractivity contribution < 1.29 is 4.79 Å². The molecule has 0 aliphatic heterocycles. The second-order valence-electron chi connectivity index (χ2n) is 5.24. The summed E-state index contributed by atoms with van der Waals surface area (Å²) in [6, 6.07) is 11.9. The average Bonchev–Trinajstić information content (AvgIpc) is 2.35. The molecular formula is C17H15ClO. The molecular weight excluding hydrogens is 256 g/mol. The third-order valence-electron chi connectivity index (χ3n) is 4.02. The number of Topliss-reactive ketones (excluding diaryl/α,β-unsaturated/α-hetero) is 1. The van der Waals surface area contributed by atoms with Gasteiger partial charge in [-0.3, -0.25) is 4.79 Å². The number of fused-ring (bicyclic) bond motifs is 1. The summed E-state index contributed by atoms with van der Waals surface area (Å²) >= 11 is 6.23. The molecule has 0 heterocycles. The van der Waals surface area contributed by atoms with Crippen molar-refractivity contribution in [1.82, 2.24) is 0 Å². The molecule has 19 heavy (non-hydrogen) atoms. The van der Waals surface area contributed by atoms with Gasteiger partial charge in [0, 0.05) is 5.56 Å². The van der Waals surface area contributed by atoms with Gasteiger partial charge in [-0.15, -0.1) is 0 Å². The molecule has 2 aromatic carbocycles. The number of carbonyl (C=O) groups is 1. The van der Waals surface area contributed by atoms with Crippen LogP contribution >= 0.6 is 11.6 Å². The van der Waals surface area contributed by atoms with Crippen LogP contribution in [-0.2, 0) is 6.42 Å². The van der Waals surface area contributed by atoms with E-state index in [0.29, 0.717) is 10.6 Å². The largest absolute Gasteiger partial charge is 0.293 e. The van der Waals surface area contributed by atoms with E-state index in [1.54, 1.807) is 0 Å². The van der Waals surface area contributed by atoms with Crippen molar-refractivity contribution in [3.63, 3.8) is 0 Å². The maximum absolute atomic E-state index is 12.6. The molecule has 0 saturated heterocycles. The molecule has 0 fully saturated rings. The summed E-state index contributed by atoms with van der Waals surface area (Å²) < 4.78 is 0. The Morgan fingerprint density at radius 2 is 1.84 bits per heavy atom. The standard InChI is InChI=1S/C17H15ClO/c1-10-7-15(16(18)8-11(10)2)17(19)14-9-12-5-3-4-6-13(12)14/h3-8,14H,9H2,1-2H3. The summed E-state index contributed by atoms with van der Waals surface area (Å²) in [6.45, 7) is 4.02. The Balaban J connectivity index is 1.97. The van der Waals surface area contributed by atoms with Gasteiger partial charge in [-0.25, -0.2) is 0 Å². The van der Waals surface area contributed by atoms with E-state index in [2.05, 4.69) is 6.07 Å². The lowest BCUT2D eigenvalue weighted by Gasteiger charge is -2.29. The minimum atomic E-state index is -0.0178. The van der Waals surface area contributed by atoms with Gasteiger partial charge in [-0.2, -0.15) is 0 Å². The second-order valence-corrected chi connectivity index (χ2v) is 5.64. The molecule has 1 atom stereocenters. The first-order valence-electron chi connectivity index (χ1n) is 6.46. The monoisotopic (exact) mass is 270 g/mol. The van der Waals surface area contributed by atoms with E-state index in [1.807, 2.05) is 44.2 Å². The van der Waals surface area contributed by atoms with E-state index in [9.17, 15) is 4.79 Å². The maximum Gasteiger partial charge on any atom is 0.172 e. The molecule has 1 nitrogen and oxygen atoms in total. The second kappa shape index (κ2) is 4.50. The van der Waals surface area contributed by atoms with E-state index in [4.69, 9.17) is 11.6 Å². The molecule has 2 aromatic rings. The van der Waals surface area contributed by atoms with Gasteiger partial charge in [0.15, 0.2) is 5.78 Å². The third kappa shape index (κ3) is 1.98. The number of benzene rings is 2. The van der Waals surface area contributed by atoms with Gasteiger partial charge >= 0.3 is 0 Å². The summed E-state index contributed by atoms with van der Waals surface area (Å²) in [5.41, 5.74) is 5.32. The molecule has 96 valence electrons. The highest BCUT2D eigenvalue weighted by Crippen LogP contribution is 2.38. The Bertz CT molecular complexity index is 673. The Kier molecular flexibility index (Phi) is 2.94. The SMILES string of the molecule is Cc1cc(Cl)c(C(=O)C2Cc3ccccc32)cc1C. The Morgan fingerprint density at radius 1 is 1.16 bits per heavy atom. The van der Waals surface area contributed by atoms with Crippen LogP contribution in [-0.4, -0.2) is 5.78 Å². The molecule has 0 amide bonds. The number of aryl methyl sites for hydroxylation is 2. The van der Waals surface area contributed by atoms with Crippen molar-refractivity contribution in [2.24, 2.45) is 0 Å². The van der Waals surface area contributed by atoms with Crippen LogP contribution in [0.25, 0.3) is 0 Å². The minimum Gasteiger partial charge on any atom is -0.293 e. The lowest BCUT2D eigenvalue weighted by Crippen LogP contribution is -2.25. The predicted octanol–water partition coefficient (Wildman–Crippen LogP) is 4.48. The first kappa shape index (κ1) is 12.4. The summed E-state index contributed by atoms with van der Waals surface area (Å²) in [4.78, 5) is 12.6. The van der Waals surface area contributed by atoms with E-state index in [1.165, 1.54) is 5.56 Å². The number of hydrogen-bond donors (Lipinski definition) is 0. The fourth-order valence-electron chi connectivity index (χ4n) is 2.65. The van der Waals surface area contributed by atoms with Gasteiger partial charge in [0.2, 0.25) is 0 Å². The smallest absolute Gasteiger partial charge is 0.172 e. The lowest BCUT2D eigenvalue weighted by molar-refractivity contribution is 0.0949. The zero-order chi connectivity index (χ0) is 13.6. The average molecular weight is 271 g/mol. The first-order chi connectivity index (χ1) is 9.08. The van der Waals surface area contributed by atoms with Crippen LogP contribution in [0.2, 0.25) is 5.02 Å². The Morgan fingerprint density at radius 3 is 2.58 bits per heavy atom. The summed E-state index contributed by atoms with van der Waals surface area (Å²) in [5, 5.41) is 0.567. The van der Waals surface area contributed by atoms with Crippen molar-refractivity contribution in [1.29, 1.82) is 0 Å². The van der Waals surface area contributed by atoms with E-state index in [0.717, 1.165) is 23.1 Å². The molecule has 1 unspecified atom stereocenters. The highest BCUT2D eigenvalue weighted by Gasteiger charge is 2.33. The van der Waals surface area contributed by atoms with Crippen LogP contribution in [0.4, 0.5) is 0 Å². The Labute approximate surface area is 118 Å². The first-order valence-corrected chi connectivity index (χ1v) is 6.84. The van der Waals surface area contributed by atoms with Crippen molar-refractivity contribution >= 4 is 17.4 Å². The highest BCUT2D eigenvalue weighted by molar-refractivity contribution is 6.34. The van der Waals surface area contributed by atoms with Gasteiger partial charge in [-0.1, -0.05) is 35.9 Å². The predicted molar refractivity (Wildman–Crippen MR) is 78.1 cm³/mol. The lowest BCUT2D eigenvalue weighted by atomic mass is 9.73. The van der Waals surface area contributed by atoms with E-state index in [-0.39, 0.29) is 11.7 Å². The van der Waals surface area contributed by atoms with Crippen LogP contribution in [0, 0.1) is 13.8 Å². The van der Waals surface area contributed by atoms with Gasteiger partial charge in [-0.05, 0) is 54.7 Å². The number of rotatable bonds is 2. The number of carbonyl (C=O) groups excluding carboxylic acids is 1. The fraction of sp³-hybridized carbons (Fsp3) is 0.235. The van der Waals surface area contributed by atoms with E-state index >= 15 is 0 Å². The van der Waals surface area contributed by atoms with E-state index < -0.39 is 0 Å². The molecule has 0 saturated carbocycles. The van der Waals surface area contributed by atoms with Gasteiger partial charge < -0.3 is 0 Å². The number of hydrogen-bond acceptors (Lipinski definition) is 1. The van der Waals surface area contributed by atoms with Gasteiger partial charge in [0.05, 0.1) is 10.9 Å². The normalized spacial score (nSPS) is 16.7. The zero-order valence-electron chi connectivity index (χ0n) is 11.0. The summed E-state index contributed by atoms with van der Waals surface area (Å²) in [5.74, 6) is 0.127. The zero-order valence-corrected chi connectivity index (χ0v) is 11.8. The molecule has 0 spiro atoms. The third-order valence-corrected chi connectivity index (χ3v) is 4.33. The molecule has 0 radical (unpaired) electrons. The highest BCUT2D eigenvalue weighted by atomic mass is 35.5. The van der Waals surface area contributed by atoms with Crippen molar-refractivity contribution in [2.75, 3.05) is 0 Å². The molecule has 0 aromatic heterocycles. The van der Waals surface area contributed by atoms with Crippen molar-refractivity contribution in [3.8, 4) is 0 Å².